The number of rotatable bonds is 3. The molecule has 7 heteroatoms. The van der Waals surface area contributed by atoms with E-state index >= 15 is 0 Å². The van der Waals surface area contributed by atoms with Gasteiger partial charge in [0.05, 0.1) is 12.1 Å². The first-order chi connectivity index (χ1) is 7.66. The van der Waals surface area contributed by atoms with E-state index < -0.39 is 0 Å². The molecule has 0 radical (unpaired) electrons. The van der Waals surface area contributed by atoms with Crippen LogP contribution in [0, 0.1) is 6.92 Å². The molecule has 0 N–H and O–H groups in total. The molecule has 2 heterocycles. The van der Waals surface area contributed by atoms with Crippen LogP contribution in [0.1, 0.15) is 22.2 Å². The van der Waals surface area contributed by atoms with Gasteiger partial charge in [-0.1, -0.05) is 5.16 Å². The Labute approximate surface area is 95.9 Å². The predicted octanol–water partition coefficient (Wildman–Crippen LogP) is 1.11. The number of amides is 1. The molecule has 0 bridgehead atoms. The number of hydrogen-bond donors (Lipinski definition) is 0. The lowest BCUT2D eigenvalue weighted by atomic mass is 10.4. The summed E-state index contributed by atoms with van der Waals surface area (Å²) < 4.78 is 4.82. The third kappa shape index (κ3) is 2.25. The molecule has 84 valence electrons. The molecule has 16 heavy (non-hydrogen) atoms. The molecule has 2 rings (SSSR count). The van der Waals surface area contributed by atoms with Gasteiger partial charge in [0.1, 0.15) is 5.69 Å². The minimum atomic E-state index is -0.149. The number of aromatic nitrogens is 3. The number of carbonyl (C=O) groups excluding carboxylic acids is 1. The first kappa shape index (κ1) is 10.7. The summed E-state index contributed by atoms with van der Waals surface area (Å²) in [5.41, 5.74) is 2.06. The van der Waals surface area contributed by atoms with E-state index in [0.29, 0.717) is 24.0 Å². The van der Waals surface area contributed by atoms with E-state index in [2.05, 4.69) is 15.1 Å². The van der Waals surface area contributed by atoms with Gasteiger partial charge in [-0.05, 0) is 0 Å². The molecule has 0 saturated carbocycles. The molecule has 0 aliphatic rings. The van der Waals surface area contributed by atoms with Crippen molar-refractivity contribution in [3.8, 4) is 0 Å². The highest BCUT2D eigenvalue weighted by Crippen LogP contribution is 2.07. The van der Waals surface area contributed by atoms with Crippen molar-refractivity contribution in [1.82, 2.24) is 20.0 Å². The van der Waals surface area contributed by atoms with Gasteiger partial charge in [0.25, 0.3) is 5.91 Å². The van der Waals surface area contributed by atoms with Crippen molar-refractivity contribution in [2.75, 3.05) is 7.05 Å². The molecular weight excluding hydrogens is 228 g/mol. The largest absolute Gasteiger partial charge is 0.340 e. The van der Waals surface area contributed by atoms with E-state index in [4.69, 9.17) is 4.52 Å². The SMILES string of the molecule is Cc1nc(CN(C)C(=O)c2cscn2)no1. The van der Waals surface area contributed by atoms with Crippen LogP contribution in [0.4, 0.5) is 0 Å². The van der Waals surface area contributed by atoms with Gasteiger partial charge in [-0.2, -0.15) is 4.98 Å². The second-order valence-corrected chi connectivity index (χ2v) is 3.98. The quantitative estimate of drug-likeness (QED) is 0.800. The third-order valence-corrected chi connectivity index (χ3v) is 2.53. The summed E-state index contributed by atoms with van der Waals surface area (Å²) in [5.74, 6) is 0.830. The fourth-order valence-electron chi connectivity index (χ4n) is 1.20. The minimum Gasteiger partial charge on any atom is -0.340 e. The molecule has 0 aliphatic carbocycles. The Morgan fingerprint density at radius 2 is 2.44 bits per heavy atom. The summed E-state index contributed by atoms with van der Waals surface area (Å²) in [5, 5.41) is 5.43. The monoisotopic (exact) mass is 238 g/mol. The fourth-order valence-corrected chi connectivity index (χ4v) is 1.73. The van der Waals surface area contributed by atoms with E-state index in [1.807, 2.05) is 0 Å². The van der Waals surface area contributed by atoms with Crippen molar-refractivity contribution in [3.05, 3.63) is 28.3 Å². The van der Waals surface area contributed by atoms with E-state index in [0.717, 1.165) is 0 Å². The molecule has 2 aromatic heterocycles. The van der Waals surface area contributed by atoms with Crippen molar-refractivity contribution < 1.29 is 9.32 Å². The van der Waals surface area contributed by atoms with Crippen molar-refractivity contribution in [1.29, 1.82) is 0 Å². The number of nitrogens with zero attached hydrogens (tertiary/aromatic N) is 4. The third-order valence-electron chi connectivity index (χ3n) is 1.95. The van der Waals surface area contributed by atoms with Gasteiger partial charge < -0.3 is 9.42 Å². The number of aryl methyl sites for hydroxylation is 1. The number of thiazole rings is 1. The van der Waals surface area contributed by atoms with Crippen LogP contribution in [0.5, 0.6) is 0 Å². The van der Waals surface area contributed by atoms with Gasteiger partial charge in [0, 0.05) is 19.4 Å². The summed E-state index contributed by atoms with van der Waals surface area (Å²) in [7, 11) is 1.67. The second kappa shape index (κ2) is 4.40. The normalized spacial score (nSPS) is 10.4. The van der Waals surface area contributed by atoms with E-state index in [1.54, 1.807) is 24.9 Å². The summed E-state index contributed by atoms with van der Waals surface area (Å²) in [4.78, 5) is 21.3. The van der Waals surface area contributed by atoms with Crippen molar-refractivity contribution >= 4 is 17.2 Å². The van der Waals surface area contributed by atoms with Gasteiger partial charge in [0.2, 0.25) is 5.89 Å². The summed E-state index contributed by atoms with van der Waals surface area (Å²) in [6, 6.07) is 0. The standard InChI is InChI=1S/C9H10N4O2S/c1-6-11-8(12-15-6)3-13(2)9(14)7-4-16-5-10-7/h4-5H,3H2,1-2H3. The van der Waals surface area contributed by atoms with Gasteiger partial charge in [-0.15, -0.1) is 11.3 Å². The first-order valence-electron chi connectivity index (χ1n) is 4.59. The van der Waals surface area contributed by atoms with Crippen LogP contribution < -0.4 is 0 Å². The Kier molecular flexibility index (Phi) is 2.95. The molecule has 0 atom stereocenters. The Balaban J connectivity index is 2.03. The second-order valence-electron chi connectivity index (χ2n) is 3.26. The smallest absolute Gasteiger partial charge is 0.273 e. The zero-order valence-corrected chi connectivity index (χ0v) is 9.69. The maximum absolute atomic E-state index is 11.8. The average molecular weight is 238 g/mol. The molecule has 0 aliphatic heterocycles. The van der Waals surface area contributed by atoms with Gasteiger partial charge in [-0.3, -0.25) is 4.79 Å². The average Bonchev–Trinajstić information content (AvgIpc) is 2.88. The fraction of sp³-hybridized carbons (Fsp3) is 0.333. The van der Waals surface area contributed by atoms with Crippen molar-refractivity contribution in [2.24, 2.45) is 0 Å². The lowest BCUT2D eigenvalue weighted by Gasteiger charge is -2.12. The van der Waals surface area contributed by atoms with Gasteiger partial charge in [0.15, 0.2) is 5.82 Å². The van der Waals surface area contributed by atoms with Crippen LogP contribution >= 0.6 is 11.3 Å². The van der Waals surface area contributed by atoms with Crippen LogP contribution in [0.15, 0.2) is 15.4 Å². The van der Waals surface area contributed by atoms with Crippen LogP contribution in [-0.2, 0) is 6.54 Å². The highest BCUT2D eigenvalue weighted by Gasteiger charge is 2.15. The zero-order chi connectivity index (χ0) is 11.5. The lowest BCUT2D eigenvalue weighted by molar-refractivity contribution is 0.0775. The summed E-state index contributed by atoms with van der Waals surface area (Å²) >= 11 is 1.39. The van der Waals surface area contributed by atoms with Gasteiger partial charge in [-0.25, -0.2) is 4.98 Å². The molecule has 0 saturated heterocycles. The summed E-state index contributed by atoms with van der Waals surface area (Å²) in [6.07, 6.45) is 0. The lowest BCUT2D eigenvalue weighted by Crippen LogP contribution is -2.26. The Morgan fingerprint density at radius 3 is 3.00 bits per heavy atom. The van der Waals surface area contributed by atoms with Crippen LogP contribution in [0.25, 0.3) is 0 Å². The topological polar surface area (TPSA) is 72.1 Å². The maximum Gasteiger partial charge on any atom is 0.273 e. The first-order valence-corrected chi connectivity index (χ1v) is 5.54. The highest BCUT2D eigenvalue weighted by molar-refractivity contribution is 7.07. The molecule has 6 nitrogen and oxygen atoms in total. The predicted molar refractivity (Wildman–Crippen MR) is 56.9 cm³/mol. The van der Waals surface area contributed by atoms with Crippen molar-refractivity contribution in [2.45, 2.75) is 13.5 Å². The van der Waals surface area contributed by atoms with E-state index in [1.165, 1.54) is 16.2 Å². The van der Waals surface area contributed by atoms with Crippen molar-refractivity contribution in [3.63, 3.8) is 0 Å². The molecular formula is C9H10N4O2S. The summed E-state index contributed by atoms with van der Waals surface area (Å²) in [6.45, 7) is 2.02. The maximum atomic E-state index is 11.8. The van der Waals surface area contributed by atoms with Gasteiger partial charge >= 0.3 is 0 Å². The molecule has 0 fully saturated rings. The molecule has 0 aromatic carbocycles. The van der Waals surface area contributed by atoms with E-state index in [-0.39, 0.29) is 5.91 Å². The Bertz CT molecular complexity index is 479. The van der Waals surface area contributed by atoms with Crippen LogP contribution in [0.2, 0.25) is 0 Å². The highest BCUT2D eigenvalue weighted by atomic mass is 32.1. The molecule has 2 aromatic rings. The van der Waals surface area contributed by atoms with Crippen LogP contribution in [0.3, 0.4) is 0 Å². The Morgan fingerprint density at radius 1 is 1.62 bits per heavy atom. The number of carbonyl (C=O) groups is 1. The molecule has 0 spiro atoms. The Hall–Kier alpha value is -1.76. The molecule has 1 amide bonds. The molecule has 0 unspecified atom stereocenters. The minimum absolute atomic E-state index is 0.149. The van der Waals surface area contributed by atoms with E-state index in [9.17, 15) is 4.79 Å². The number of hydrogen-bond acceptors (Lipinski definition) is 6. The zero-order valence-electron chi connectivity index (χ0n) is 8.88. The van der Waals surface area contributed by atoms with Crippen LogP contribution in [-0.4, -0.2) is 33.0 Å².